The van der Waals surface area contributed by atoms with Crippen LogP contribution < -0.4 is 10.0 Å². The van der Waals surface area contributed by atoms with Gasteiger partial charge in [-0.05, 0) is 50.6 Å². The quantitative estimate of drug-likeness (QED) is 0.792. The van der Waals surface area contributed by atoms with Crippen molar-refractivity contribution >= 4 is 37.5 Å². The fourth-order valence-corrected chi connectivity index (χ4v) is 3.62. The lowest BCUT2D eigenvalue weighted by Gasteiger charge is -2.16. The van der Waals surface area contributed by atoms with Crippen molar-refractivity contribution in [2.45, 2.75) is 31.7 Å². The van der Waals surface area contributed by atoms with E-state index in [1.54, 1.807) is 24.3 Å². The molecule has 2 N–H and O–H groups in total. The van der Waals surface area contributed by atoms with Crippen molar-refractivity contribution in [1.82, 2.24) is 4.72 Å². The molecule has 0 aliphatic rings. The van der Waals surface area contributed by atoms with Crippen LogP contribution in [-0.4, -0.2) is 20.4 Å². The zero-order chi connectivity index (χ0) is 17.9. The smallest absolute Gasteiger partial charge is 0.242 e. The van der Waals surface area contributed by atoms with Crippen LogP contribution in [0.4, 0.5) is 5.69 Å². The highest BCUT2D eigenvalue weighted by molar-refractivity contribution is 9.10. The lowest BCUT2D eigenvalue weighted by Crippen LogP contribution is -2.41. The Labute approximate surface area is 150 Å². The number of amides is 1. The molecule has 1 atom stereocenters. The van der Waals surface area contributed by atoms with Crippen LogP contribution in [0.15, 0.2) is 51.8 Å². The summed E-state index contributed by atoms with van der Waals surface area (Å²) in [4.78, 5) is 12.4. The molecule has 128 valence electrons. The fraction of sp³-hybridized carbons (Fsp3) is 0.235. The Bertz CT molecular complexity index is 849. The van der Waals surface area contributed by atoms with Gasteiger partial charge in [-0.15, -0.1) is 0 Å². The van der Waals surface area contributed by atoms with Gasteiger partial charge >= 0.3 is 0 Å². The molecule has 2 rings (SSSR count). The SMILES string of the molecule is Cc1ccc(S(=O)(=O)N[C@@H](C)C(=O)Nc2cccc(Br)c2C)cc1. The van der Waals surface area contributed by atoms with E-state index in [0.717, 1.165) is 15.6 Å². The minimum atomic E-state index is -3.75. The Morgan fingerprint density at radius 3 is 2.33 bits per heavy atom. The first-order valence-electron chi connectivity index (χ1n) is 7.35. The van der Waals surface area contributed by atoms with Gasteiger partial charge in [0.2, 0.25) is 15.9 Å². The summed E-state index contributed by atoms with van der Waals surface area (Å²) in [6, 6.07) is 11.0. The Hall–Kier alpha value is -1.70. The molecule has 0 aliphatic carbocycles. The topological polar surface area (TPSA) is 75.3 Å². The molecular weight excluding hydrogens is 392 g/mol. The molecule has 0 saturated carbocycles. The summed E-state index contributed by atoms with van der Waals surface area (Å²) >= 11 is 3.40. The summed E-state index contributed by atoms with van der Waals surface area (Å²) in [5.41, 5.74) is 2.47. The van der Waals surface area contributed by atoms with Crippen molar-refractivity contribution in [2.75, 3.05) is 5.32 Å². The molecule has 0 saturated heterocycles. The number of halogens is 1. The van der Waals surface area contributed by atoms with Crippen LogP contribution in [0.3, 0.4) is 0 Å². The normalized spacial score (nSPS) is 12.7. The molecule has 0 bridgehead atoms. The van der Waals surface area contributed by atoms with Gasteiger partial charge in [0.05, 0.1) is 10.9 Å². The molecule has 0 spiro atoms. The van der Waals surface area contributed by atoms with Crippen molar-refractivity contribution in [3.05, 3.63) is 58.1 Å². The second-order valence-electron chi connectivity index (χ2n) is 5.56. The van der Waals surface area contributed by atoms with Crippen molar-refractivity contribution in [3.63, 3.8) is 0 Å². The second-order valence-corrected chi connectivity index (χ2v) is 8.13. The van der Waals surface area contributed by atoms with Gasteiger partial charge in [0, 0.05) is 10.2 Å². The van der Waals surface area contributed by atoms with E-state index < -0.39 is 22.0 Å². The molecule has 2 aromatic rings. The first kappa shape index (κ1) is 18.6. The number of anilines is 1. The van der Waals surface area contributed by atoms with Gasteiger partial charge in [-0.2, -0.15) is 4.72 Å². The minimum absolute atomic E-state index is 0.131. The molecule has 5 nitrogen and oxygen atoms in total. The number of carbonyl (C=O) groups is 1. The summed E-state index contributed by atoms with van der Waals surface area (Å²) in [5.74, 6) is -0.424. The minimum Gasteiger partial charge on any atom is -0.324 e. The van der Waals surface area contributed by atoms with Crippen LogP contribution in [-0.2, 0) is 14.8 Å². The Morgan fingerprint density at radius 1 is 1.08 bits per heavy atom. The monoisotopic (exact) mass is 410 g/mol. The predicted molar refractivity (Wildman–Crippen MR) is 98.5 cm³/mol. The summed E-state index contributed by atoms with van der Waals surface area (Å²) in [5, 5.41) is 2.74. The second kappa shape index (κ2) is 7.46. The Kier molecular flexibility index (Phi) is 5.79. The number of nitrogens with one attached hydrogen (secondary N) is 2. The fourth-order valence-electron chi connectivity index (χ4n) is 2.06. The molecular formula is C17H19BrN2O3S. The van der Waals surface area contributed by atoms with E-state index in [1.165, 1.54) is 19.1 Å². The van der Waals surface area contributed by atoms with Crippen LogP contribution in [0.5, 0.6) is 0 Å². The zero-order valence-electron chi connectivity index (χ0n) is 13.6. The summed E-state index contributed by atoms with van der Waals surface area (Å²) in [6.07, 6.45) is 0. The number of carbonyl (C=O) groups excluding carboxylic acids is 1. The van der Waals surface area contributed by atoms with E-state index in [2.05, 4.69) is 26.0 Å². The lowest BCUT2D eigenvalue weighted by molar-refractivity contribution is -0.117. The number of hydrogen-bond acceptors (Lipinski definition) is 3. The van der Waals surface area contributed by atoms with Crippen LogP contribution in [0, 0.1) is 13.8 Å². The third-order valence-electron chi connectivity index (χ3n) is 3.58. The number of hydrogen-bond donors (Lipinski definition) is 2. The maximum absolute atomic E-state index is 12.3. The largest absolute Gasteiger partial charge is 0.324 e. The van der Waals surface area contributed by atoms with E-state index in [4.69, 9.17) is 0 Å². The highest BCUT2D eigenvalue weighted by Crippen LogP contribution is 2.23. The lowest BCUT2D eigenvalue weighted by atomic mass is 10.2. The third-order valence-corrected chi connectivity index (χ3v) is 6.00. The molecule has 0 radical (unpaired) electrons. The number of aryl methyl sites for hydroxylation is 1. The zero-order valence-corrected chi connectivity index (χ0v) is 16.0. The van der Waals surface area contributed by atoms with E-state index >= 15 is 0 Å². The van der Waals surface area contributed by atoms with Crippen LogP contribution in [0.25, 0.3) is 0 Å². The average Bonchev–Trinajstić information content (AvgIpc) is 2.51. The van der Waals surface area contributed by atoms with Crippen LogP contribution >= 0.6 is 15.9 Å². The van der Waals surface area contributed by atoms with Crippen LogP contribution in [0.1, 0.15) is 18.1 Å². The maximum Gasteiger partial charge on any atom is 0.242 e. The molecule has 24 heavy (non-hydrogen) atoms. The molecule has 0 fully saturated rings. The van der Waals surface area contributed by atoms with E-state index in [1.807, 2.05) is 19.9 Å². The summed E-state index contributed by atoms with van der Waals surface area (Å²) in [6.45, 7) is 5.25. The van der Waals surface area contributed by atoms with E-state index in [-0.39, 0.29) is 4.90 Å². The first-order chi connectivity index (χ1) is 11.2. The molecule has 0 aromatic heterocycles. The van der Waals surface area contributed by atoms with Crippen molar-refractivity contribution in [2.24, 2.45) is 0 Å². The average molecular weight is 411 g/mol. The maximum atomic E-state index is 12.3. The van der Waals surface area contributed by atoms with Crippen molar-refractivity contribution in [1.29, 1.82) is 0 Å². The van der Waals surface area contributed by atoms with Crippen molar-refractivity contribution < 1.29 is 13.2 Å². The molecule has 7 heteroatoms. The molecule has 0 aliphatic heterocycles. The number of benzene rings is 2. The van der Waals surface area contributed by atoms with E-state index in [0.29, 0.717) is 5.69 Å². The first-order valence-corrected chi connectivity index (χ1v) is 9.63. The predicted octanol–water partition coefficient (Wildman–Crippen LogP) is 3.37. The van der Waals surface area contributed by atoms with Gasteiger partial charge in [-0.1, -0.05) is 39.7 Å². The van der Waals surface area contributed by atoms with Gasteiger partial charge in [-0.3, -0.25) is 4.79 Å². The van der Waals surface area contributed by atoms with Crippen LogP contribution in [0.2, 0.25) is 0 Å². The number of sulfonamides is 1. The van der Waals surface area contributed by atoms with Gasteiger partial charge in [0.25, 0.3) is 0 Å². The number of rotatable bonds is 5. The summed E-state index contributed by atoms with van der Waals surface area (Å²) in [7, 11) is -3.75. The van der Waals surface area contributed by atoms with Gasteiger partial charge in [0.15, 0.2) is 0 Å². The van der Waals surface area contributed by atoms with Crippen molar-refractivity contribution in [3.8, 4) is 0 Å². The molecule has 0 heterocycles. The van der Waals surface area contributed by atoms with E-state index in [9.17, 15) is 13.2 Å². The summed E-state index contributed by atoms with van der Waals surface area (Å²) < 4.78 is 27.9. The molecule has 1 amide bonds. The standard InChI is InChI=1S/C17H19BrN2O3S/c1-11-7-9-14(10-8-11)24(22,23)20-13(3)17(21)19-16-6-4-5-15(18)12(16)2/h4-10,13,20H,1-3H3,(H,19,21)/t13-/m0/s1. The van der Waals surface area contributed by atoms with Gasteiger partial charge in [-0.25, -0.2) is 8.42 Å². The molecule has 2 aromatic carbocycles. The Balaban J connectivity index is 2.11. The highest BCUT2D eigenvalue weighted by atomic mass is 79.9. The third kappa shape index (κ3) is 4.43. The molecule has 0 unspecified atom stereocenters. The Morgan fingerprint density at radius 2 is 1.71 bits per heavy atom. The highest BCUT2D eigenvalue weighted by Gasteiger charge is 2.22. The van der Waals surface area contributed by atoms with Gasteiger partial charge < -0.3 is 5.32 Å². The van der Waals surface area contributed by atoms with Gasteiger partial charge in [0.1, 0.15) is 0 Å².